The molecule has 12 heteroatoms. The number of hydrogen-bond acceptors (Lipinski definition) is 8. The van der Waals surface area contributed by atoms with Crippen LogP contribution in [0.5, 0.6) is 11.5 Å². The second kappa shape index (κ2) is 14.1. The first-order chi connectivity index (χ1) is 20.9. The Morgan fingerprint density at radius 3 is 2.72 bits per heavy atom. The standard InChI is InChI=1S/C31H39N7O5/c1-22-9-10-26-28(17-22)42-15-6-13-38-20-25(34-35-38)19-37(12-5-11-32-30(40)23(2)33-31(26)41)29(39)21-36-14-16-43-27-8-4-3-7-24(27)18-36/h3-4,7-10,17,20,23H,5-6,11-16,18-19,21H2,1-2H3,(H,32,40)(H,33,41)/t23-/m1/s1. The van der Waals surface area contributed by atoms with Crippen molar-refractivity contribution >= 4 is 17.7 Å². The monoisotopic (exact) mass is 589 g/mol. The molecule has 1 atom stereocenters. The Kier molecular flexibility index (Phi) is 9.88. The zero-order valence-corrected chi connectivity index (χ0v) is 24.8. The summed E-state index contributed by atoms with van der Waals surface area (Å²) in [6.45, 7) is 7.58. The maximum absolute atomic E-state index is 13.6. The molecule has 12 nitrogen and oxygen atoms in total. The molecule has 0 fully saturated rings. The van der Waals surface area contributed by atoms with Gasteiger partial charge in [0.15, 0.2) is 0 Å². The van der Waals surface area contributed by atoms with Gasteiger partial charge in [-0.25, -0.2) is 0 Å². The van der Waals surface area contributed by atoms with Crippen LogP contribution >= 0.6 is 0 Å². The second-order valence-corrected chi connectivity index (χ2v) is 11.0. The molecule has 0 radical (unpaired) electrons. The number of benzene rings is 2. The summed E-state index contributed by atoms with van der Waals surface area (Å²) in [5.41, 5.74) is 3.08. The minimum atomic E-state index is -0.747. The van der Waals surface area contributed by atoms with E-state index in [0.717, 1.165) is 16.9 Å². The van der Waals surface area contributed by atoms with Gasteiger partial charge in [0, 0.05) is 44.7 Å². The molecule has 3 heterocycles. The number of hydrogen-bond donors (Lipinski definition) is 2. The van der Waals surface area contributed by atoms with E-state index in [2.05, 4.69) is 25.8 Å². The maximum Gasteiger partial charge on any atom is 0.255 e. The predicted molar refractivity (Wildman–Crippen MR) is 158 cm³/mol. The smallest absolute Gasteiger partial charge is 0.255 e. The van der Waals surface area contributed by atoms with E-state index in [9.17, 15) is 14.4 Å². The number of nitrogens with one attached hydrogen (secondary N) is 2. The van der Waals surface area contributed by atoms with Gasteiger partial charge in [-0.05, 0) is 44.0 Å². The Bertz CT molecular complexity index is 1440. The molecule has 2 aliphatic heterocycles. The first-order valence-corrected chi connectivity index (χ1v) is 14.8. The lowest BCUT2D eigenvalue weighted by molar-refractivity contribution is -0.133. The highest BCUT2D eigenvalue weighted by Gasteiger charge is 2.23. The average Bonchev–Trinajstić information content (AvgIpc) is 3.33. The molecule has 0 saturated heterocycles. The van der Waals surface area contributed by atoms with Gasteiger partial charge in [-0.1, -0.05) is 29.5 Å². The van der Waals surface area contributed by atoms with E-state index in [0.29, 0.717) is 82.3 Å². The SMILES string of the molecule is Cc1ccc2c(c1)OCCCn1cc(nn1)CN(C(=O)CN1CCOc3ccccc3C1)CCCNC(=O)[C@@H](C)NC2=O. The molecule has 228 valence electrons. The van der Waals surface area contributed by atoms with Gasteiger partial charge in [0.2, 0.25) is 11.8 Å². The molecular weight excluding hydrogens is 550 g/mol. The minimum Gasteiger partial charge on any atom is -0.493 e. The van der Waals surface area contributed by atoms with Gasteiger partial charge in [0.1, 0.15) is 29.8 Å². The quantitative estimate of drug-likeness (QED) is 0.464. The van der Waals surface area contributed by atoms with Crippen molar-refractivity contribution in [1.82, 2.24) is 35.4 Å². The summed E-state index contributed by atoms with van der Waals surface area (Å²) in [5.74, 6) is 0.607. The Balaban J connectivity index is 1.28. The van der Waals surface area contributed by atoms with Crippen LogP contribution in [0.3, 0.4) is 0 Å². The van der Waals surface area contributed by atoms with Crippen LogP contribution in [0.2, 0.25) is 0 Å². The van der Waals surface area contributed by atoms with Crippen LogP contribution in [0, 0.1) is 6.92 Å². The average molecular weight is 590 g/mol. The summed E-state index contributed by atoms with van der Waals surface area (Å²) >= 11 is 0. The summed E-state index contributed by atoms with van der Waals surface area (Å²) in [4.78, 5) is 43.2. The molecule has 3 amide bonds. The summed E-state index contributed by atoms with van der Waals surface area (Å²) < 4.78 is 13.6. The number of rotatable bonds is 2. The molecule has 1 aromatic heterocycles. The number of ether oxygens (including phenoxy) is 2. The summed E-state index contributed by atoms with van der Waals surface area (Å²) in [7, 11) is 0. The largest absolute Gasteiger partial charge is 0.493 e. The summed E-state index contributed by atoms with van der Waals surface area (Å²) in [5, 5.41) is 14.2. The molecule has 0 aliphatic carbocycles. The lowest BCUT2D eigenvalue weighted by Gasteiger charge is -2.26. The molecule has 2 N–H and O–H groups in total. The number of fused-ring (bicyclic) bond motifs is 4. The number of carbonyl (C=O) groups is 3. The Hall–Kier alpha value is -4.45. The van der Waals surface area contributed by atoms with E-state index >= 15 is 0 Å². The molecule has 3 aromatic rings. The van der Waals surface area contributed by atoms with Crippen LogP contribution < -0.4 is 20.1 Å². The van der Waals surface area contributed by atoms with Gasteiger partial charge in [0.05, 0.1) is 31.5 Å². The lowest BCUT2D eigenvalue weighted by Crippen LogP contribution is -2.46. The summed E-state index contributed by atoms with van der Waals surface area (Å²) in [6.07, 6.45) is 3.02. The number of carbonyl (C=O) groups excluding carboxylic acids is 3. The second-order valence-electron chi connectivity index (χ2n) is 11.0. The fourth-order valence-corrected chi connectivity index (χ4v) is 5.13. The Labute approximate surface area is 251 Å². The molecule has 43 heavy (non-hydrogen) atoms. The fraction of sp³-hybridized carbons (Fsp3) is 0.452. The summed E-state index contributed by atoms with van der Waals surface area (Å²) in [6, 6.07) is 12.5. The molecule has 2 aliphatic rings. The number of para-hydroxylation sites is 1. The zero-order chi connectivity index (χ0) is 30.2. The molecule has 2 aromatic carbocycles. The third kappa shape index (κ3) is 8.10. The first-order valence-electron chi connectivity index (χ1n) is 14.8. The van der Waals surface area contributed by atoms with E-state index in [4.69, 9.17) is 9.47 Å². The highest BCUT2D eigenvalue weighted by Crippen LogP contribution is 2.23. The van der Waals surface area contributed by atoms with Crippen LogP contribution in [0.1, 0.15) is 46.9 Å². The minimum absolute atomic E-state index is 0.0340. The highest BCUT2D eigenvalue weighted by molar-refractivity contribution is 5.99. The van der Waals surface area contributed by atoms with Crippen molar-refractivity contribution in [3.8, 4) is 11.5 Å². The molecular formula is C31H39N7O5. The first kappa shape index (κ1) is 30.0. The highest BCUT2D eigenvalue weighted by atomic mass is 16.5. The van der Waals surface area contributed by atoms with Crippen molar-refractivity contribution in [2.45, 2.75) is 52.4 Å². The van der Waals surface area contributed by atoms with Crippen LogP contribution in [0.25, 0.3) is 0 Å². The van der Waals surface area contributed by atoms with Gasteiger partial charge in [-0.2, -0.15) is 0 Å². The van der Waals surface area contributed by atoms with E-state index in [1.165, 1.54) is 0 Å². The van der Waals surface area contributed by atoms with Crippen molar-refractivity contribution in [3.63, 3.8) is 0 Å². The van der Waals surface area contributed by atoms with Crippen LogP contribution in [0.4, 0.5) is 0 Å². The molecule has 5 rings (SSSR count). The Morgan fingerprint density at radius 2 is 1.84 bits per heavy atom. The van der Waals surface area contributed by atoms with Crippen LogP contribution in [0.15, 0.2) is 48.7 Å². The Morgan fingerprint density at radius 1 is 1.00 bits per heavy atom. The number of aromatic nitrogens is 3. The fourth-order valence-electron chi connectivity index (χ4n) is 5.13. The maximum atomic E-state index is 13.6. The van der Waals surface area contributed by atoms with Crippen LogP contribution in [-0.2, 0) is 29.2 Å². The molecule has 2 bridgehead atoms. The van der Waals surface area contributed by atoms with Crippen molar-refractivity contribution in [2.24, 2.45) is 0 Å². The lowest BCUT2D eigenvalue weighted by atomic mass is 10.1. The number of nitrogens with zero attached hydrogens (tertiary/aromatic N) is 5. The molecule has 0 saturated carbocycles. The normalized spacial score (nSPS) is 19.1. The van der Waals surface area contributed by atoms with Gasteiger partial charge < -0.3 is 25.0 Å². The molecule has 0 unspecified atom stereocenters. The van der Waals surface area contributed by atoms with Crippen molar-refractivity contribution in [1.29, 1.82) is 0 Å². The topological polar surface area (TPSA) is 131 Å². The number of amides is 3. The van der Waals surface area contributed by atoms with Crippen molar-refractivity contribution in [2.75, 3.05) is 39.4 Å². The zero-order valence-electron chi connectivity index (χ0n) is 24.8. The van der Waals surface area contributed by atoms with Gasteiger partial charge in [-0.3, -0.25) is 24.0 Å². The van der Waals surface area contributed by atoms with Gasteiger partial charge >= 0.3 is 0 Å². The van der Waals surface area contributed by atoms with Gasteiger partial charge in [0.25, 0.3) is 5.91 Å². The number of aryl methyl sites for hydroxylation is 2. The van der Waals surface area contributed by atoms with E-state index < -0.39 is 6.04 Å². The molecule has 0 spiro atoms. The van der Waals surface area contributed by atoms with E-state index in [1.54, 1.807) is 22.6 Å². The van der Waals surface area contributed by atoms with E-state index in [1.807, 2.05) is 49.5 Å². The van der Waals surface area contributed by atoms with Crippen molar-refractivity contribution in [3.05, 3.63) is 71.0 Å². The third-order valence-electron chi connectivity index (χ3n) is 7.50. The van der Waals surface area contributed by atoms with Gasteiger partial charge in [-0.15, -0.1) is 5.10 Å². The van der Waals surface area contributed by atoms with E-state index in [-0.39, 0.29) is 24.3 Å². The third-order valence-corrected chi connectivity index (χ3v) is 7.50. The van der Waals surface area contributed by atoms with Crippen molar-refractivity contribution < 1.29 is 23.9 Å². The van der Waals surface area contributed by atoms with Crippen LogP contribution in [-0.4, -0.2) is 87.9 Å². The predicted octanol–water partition coefficient (Wildman–Crippen LogP) is 1.92.